The Morgan fingerprint density at radius 3 is 2.38 bits per heavy atom. The van der Waals surface area contributed by atoms with Crippen LogP contribution in [0.3, 0.4) is 0 Å². The Hall–Kier alpha value is -0.210. The van der Waals surface area contributed by atoms with Crippen LogP contribution in [0, 0.1) is 5.82 Å². The number of hydrogen-bond acceptors (Lipinski definition) is 1. The predicted molar refractivity (Wildman–Crippen MR) is 58.1 cm³/mol. The van der Waals surface area contributed by atoms with Crippen molar-refractivity contribution >= 4 is 24.2 Å². The molecule has 1 aromatic rings. The van der Waals surface area contributed by atoms with Crippen molar-refractivity contribution in [2.45, 2.75) is 24.0 Å². The molecule has 0 spiro atoms. The molecule has 3 heteroatoms. The lowest BCUT2D eigenvalue weighted by Gasteiger charge is -2.11. The molecule has 2 atom stereocenters. The molecule has 13 heavy (non-hydrogen) atoms. The largest absolute Gasteiger partial charge is 0.207 e. The lowest BCUT2D eigenvalue weighted by Crippen LogP contribution is -1.98. The van der Waals surface area contributed by atoms with Crippen molar-refractivity contribution < 1.29 is 4.39 Å². The monoisotopic (exact) mass is 218 g/mol. The Balaban J connectivity index is 2.66. The third kappa shape index (κ3) is 3.57. The summed E-state index contributed by atoms with van der Waals surface area (Å²) in [5, 5.41) is 0.181. The fourth-order valence-electron chi connectivity index (χ4n) is 1.13. The van der Waals surface area contributed by atoms with Gasteiger partial charge in [-0.05, 0) is 31.0 Å². The molecule has 0 saturated heterocycles. The van der Waals surface area contributed by atoms with E-state index in [1.54, 1.807) is 12.1 Å². The Morgan fingerprint density at radius 2 is 1.92 bits per heavy atom. The van der Waals surface area contributed by atoms with Crippen molar-refractivity contribution in [3.05, 3.63) is 35.6 Å². The SMILES string of the molecule is CC(Cl)CC(S)c1ccc(F)cc1. The Morgan fingerprint density at radius 1 is 1.38 bits per heavy atom. The molecule has 0 aliphatic heterocycles. The van der Waals surface area contributed by atoms with Gasteiger partial charge in [-0.2, -0.15) is 12.6 Å². The van der Waals surface area contributed by atoms with Crippen LogP contribution in [0.4, 0.5) is 4.39 Å². The lowest BCUT2D eigenvalue weighted by molar-refractivity contribution is 0.626. The molecule has 2 unspecified atom stereocenters. The van der Waals surface area contributed by atoms with Crippen LogP contribution in [-0.2, 0) is 0 Å². The van der Waals surface area contributed by atoms with Crippen LogP contribution in [0.15, 0.2) is 24.3 Å². The first-order chi connectivity index (χ1) is 6.09. The first-order valence-corrected chi connectivity index (χ1v) is 5.12. The van der Waals surface area contributed by atoms with Crippen LogP contribution < -0.4 is 0 Å². The first kappa shape index (κ1) is 10.9. The summed E-state index contributed by atoms with van der Waals surface area (Å²) in [7, 11) is 0. The van der Waals surface area contributed by atoms with E-state index < -0.39 is 0 Å². The molecule has 0 fully saturated rings. The molecule has 72 valence electrons. The van der Waals surface area contributed by atoms with Gasteiger partial charge in [-0.15, -0.1) is 11.6 Å². The van der Waals surface area contributed by atoms with Gasteiger partial charge in [0.15, 0.2) is 0 Å². The zero-order valence-corrected chi connectivity index (χ0v) is 9.02. The topological polar surface area (TPSA) is 0 Å². The van der Waals surface area contributed by atoms with Gasteiger partial charge in [0.05, 0.1) is 0 Å². The molecule has 0 aliphatic rings. The Labute approximate surface area is 88.5 Å². The van der Waals surface area contributed by atoms with E-state index in [1.165, 1.54) is 12.1 Å². The van der Waals surface area contributed by atoms with Gasteiger partial charge in [-0.25, -0.2) is 4.39 Å². The van der Waals surface area contributed by atoms with E-state index in [0.717, 1.165) is 12.0 Å². The molecule has 1 rings (SSSR count). The number of hydrogen-bond donors (Lipinski definition) is 1. The molecule has 0 radical (unpaired) electrons. The van der Waals surface area contributed by atoms with E-state index in [4.69, 9.17) is 11.6 Å². The number of alkyl halides is 1. The molecule has 0 amide bonds. The maximum atomic E-state index is 12.6. The summed E-state index contributed by atoms with van der Waals surface area (Å²) >= 11 is 10.2. The third-order valence-corrected chi connectivity index (χ3v) is 2.49. The van der Waals surface area contributed by atoms with Crippen LogP contribution in [0.25, 0.3) is 0 Å². The van der Waals surface area contributed by atoms with Gasteiger partial charge in [0.2, 0.25) is 0 Å². The fraction of sp³-hybridized carbons (Fsp3) is 0.400. The van der Waals surface area contributed by atoms with Crippen molar-refractivity contribution in [2.24, 2.45) is 0 Å². The van der Waals surface area contributed by atoms with E-state index >= 15 is 0 Å². The first-order valence-electron chi connectivity index (χ1n) is 4.17. The van der Waals surface area contributed by atoms with E-state index in [0.29, 0.717) is 0 Å². The molecule has 0 heterocycles. The summed E-state index contributed by atoms with van der Waals surface area (Å²) in [6.45, 7) is 1.92. The molecule has 0 saturated carbocycles. The average molecular weight is 219 g/mol. The summed E-state index contributed by atoms with van der Waals surface area (Å²) in [5.74, 6) is -0.219. The van der Waals surface area contributed by atoms with Gasteiger partial charge in [-0.1, -0.05) is 12.1 Å². The van der Waals surface area contributed by atoms with Gasteiger partial charge >= 0.3 is 0 Å². The van der Waals surface area contributed by atoms with Crippen molar-refractivity contribution in [1.82, 2.24) is 0 Å². The minimum absolute atomic E-state index is 0.0903. The number of benzene rings is 1. The quantitative estimate of drug-likeness (QED) is 0.579. The summed E-state index contributed by atoms with van der Waals surface area (Å²) in [4.78, 5) is 0. The van der Waals surface area contributed by atoms with Crippen molar-refractivity contribution in [2.75, 3.05) is 0 Å². The molecule has 0 bridgehead atoms. The highest BCUT2D eigenvalue weighted by Gasteiger charge is 2.09. The Bertz CT molecular complexity index is 258. The fourth-order valence-corrected chi connectivity index (χ4v) is 1.92. The number of rotatable bonds is 3. The summed E-state index contributed by atoms with van der Waals surface area (Å²) in [6, 6.07) is 6.37. The molecule has 0 nitrogen and oxygen atoms in total. The maximum absolute atomic E-state index is 12.6. The van der Waals surface area contributed by atoms with Crippen LogP contribution >= 0.6 is 24.2 Å². The van der Waals surface area contributed by atoms with Gasteiger partial charge in [-0.3, -0.25) is 0 Å². The molecular formula is C10H12ClFS. The molecule has 0 aliphatic carbocycles. The maximum Gasteiger partial charge on any atom is 0.123 e. The second kappa shape index (κ2) is 4.87. The van der Waals surface area contributed by atoms with Crippen LogP contribution in [-0.4, -0.2) is 5.38 Å². The highest BCUT2D eigenvalue weighted by Crippen LogP contribution is 2.26. The van der Waals surface area contributed by atoms with Gasteiger partial charge in [0.25, 0.3) is 0 Å². The van der Waals surface area contributed by atoms with Crippen molar-refractivity contribution in [3.8, 4) is 0 Å². The minimum atomic E-state index is -0.219. The zero-order chi connectivity index (χ0) is 9.84. The van der Waals surface area contributed by atoms with Gasteiger partial charge < -0.3 is 0 Å². The molecule has 0 N–H and O–H groups in total. The van der Waals surface area contributed by atoms with Gasteiger partial charge in [0, 0.05) is 10.6 Å². The molecule has 0 aromatic heterocycles. The highest BCUT2D eigenvalue weighted by molar-refractivity contribution is 7.80. The zero-order valence-electron chi connectivity index (χ0n) is 7.37. The highest BCUT2D eigenvalue weighted by atomic mass is 35.5. The predicted octanol–water partition coefficient (Wildman–Crippen LogP) is 3.81. The second-order valence-corrected chi connectivity index (χ2v) is 4.45. The van der Waals surface area contributed by atoms with E-state index in [2.05, 4.69) is 12.6 Å². The minimum Gasteiger partial charge on any atom is -0.207 e. The Kier molecular flexibility index (Phi) is 4.07. The smallest absolute Gasteiger partial charge is 0.123 e. The molecular weight excluding hydrogens is 207 g/mol. The van der Waals surface area contributed by atoms with E-state index in [1.807, 2.05) is 6.92 Å². The third-order valence-electron chi connectivity index (χ3n) is 1.80. The van der Waals surface area contributed by atoms with Crippen LogP contribution in [0.5, 0.6) is 0 Å². The summed E-state index contributed by atoms with van der Waals surface area (Å²) in [5.41, 5.74) is 1.01. The number of thiol groups is 1. The van der Waals surface area contributed by atoms with Crippen molar-refractivity contribution in [3.63, 3.8) is 0 Å². The van der Waals surface area contributed by atoms with E-state index in [-0.39, 0.29) is 16.4 Å². The average Bonchev–Trinajstić information content (AvgIpc) is 2.04. The summed E-state index contributed by atoms with van der Waals surface area (Å²) in [6.07, 6.45) is 0.788. The normalized spacial score (nSPS) is 15.4. The number of halogens is 2. The molecule has 1 aromatic carbocycles. The van der Waals surface area contributed by atoms with Crippen LogP contribution in [0.1, 0.15) is 24.2 Å². The lowest BCUT2D eigenvalue weighted by atomic mass is 10.1. The standard InChI is InChI=1S/C10H12ClFS/c1-7(11)6-10(13)8-2-4-9(12)5-3-8/h2-5,7,10,13H,6H2,1H3. The van der Waals surface area contributed by atoms with Crippen molar-refractivity contribution in [1.29, 1.82) is 0 Å². The summed E-state index contributed by atoms with van der Waals surface area (Å²) < 4.78 is 12.6. The van der Waals surface area contributed by atoms with Crippen LogP contribution in [0.2, 0.25) is 0 Å². The van der Waals surface area contributed by atoms with Gasteiger partial charge in [0.1, 0.15) is 5.82 Å². The second-order valence-electron chi connectivity index (χ2n) is 3.08. The van der Waals surface area contributed by atoms with E-state index in [9.17, 15) is 4.39 Å².